The highest BCUT2D eigenvalue weighted by Gasteiger charge is 2.27. The Morgan fingerprint density at radius 2 is 2.07 bits per heavy atom. The van der Waals surface area contributed by atoms with Crippen molar-refractivity contribution in [1.82, 2.24) is 5.32 Å². The summed E-state index contributed by atoms with van der Waals surface area (Å²) in [5, 5.41) is 2.71. The summed E-state index contributed by atoms with van der Waals surface area (Å²) in [5.41, 5.74) is 5.93. The van der Waals surface area contributed by atoms with Crippen molar-refractivity contribution in [3.63, 3.8) is 0 Å². The molecule has 0 atom stereocenters. The largest absolute Gasteiger partial charge is 0.450 e. The molecule has 0 aromatic heterocycles. The van der Waals surface area contributed by atoms with Crippen LogP contribution < -0.4 is 11.1 Å². The van der Waals surface area contributed by atoms with Gasteiger partial charge in [-0.25, -0.2) is 4.79 Å². The van der Waals surface area contributed by atoms with Crippen LogP contribution in [0.3, 0.4) is 0 Å². The summed E-state index contributed by atoms with van der Waals surface area (Å²) in [6, 6.07) is 0. The van der Waals surface area contributed by atoms with Gasteiger partial charge >= 0.3 is 6.09 Å². The molecule has 1 aliphatic rings. The molecule has 4 heteroatoms. The maximum atomic E-state index is 11.0. The summed E-state index contributed by atoms with van der Waals surface area (Å²) in [4.78, 5) is 11.0. The minimum atomic E-state index is -0.358. The number of rotatable bonds is 3. The monoisotopic (exact) mass is 200 g/mol. The van der Waals surface area contributed by atoms with Crippen LogP contribution in [0.5, 0.6) is 0 Å². The second-order valence-electron chi connectivity index (χ2n) is 4.00. The first-order valence-corrected chi connectivity index (χ1v) is 5.36. The van der Waals surface area contributed by atoms with Crippen LogP contribution in [0, 0.1) is 0 Å². The SMILES string of the molecule is CCOC(=O)NCC1(N)CCCCC1. The summed E-state index contributed by atoms with van der Waals surface area (Å²) in [6.45, 7) is 2.73. The van der Waals surface area contributed by atoms with Crippen molar-refractivity contribution < 1.29 is 9.53 Å². The minimum Gasteiger partial charge on any atom is -0.450 e. The van der Waals surface area contributed by atoms with E-state index in [0.717, 1.165) is 12.8 Å². The maximum absolute atomic E-state index is 11.0. The zero-order valence-corrected chi connectivity index (χ0v) is 8.84. The fourth-order valence-corrected chi connectivity index (χ4v) is 1.86. The van der Waals surface area contributed by atoms with Crippen molar-refractivity contribution in [3.8, 4) is 0 Å². The molecule has 0 bridgehead atoms. The van der Waals surface area contributed by atoms with Gasteiger partial charge in [0.15, 0.2) is 0 Å². The Labute approximate surface area is 85.2 Å². The molecule has 82 valence electrons. The van der Waals surface area contributed by atoms with E-state index in [-0.39, 0.29) is 11.6 Å². The molecule has 1 amide bonds. The molecule has 14 heavy (non-hydrogen) atoms. The summed E-state index contributed by atoms with van der Waals surface area (Å²) in [6.07, 6.45) is 5.24. The first kappa shape index (κ1) is 11.3. The molecule has 0 aromatic rings. The molecule has 0 aliphatic heterocycles. The van der Waals surface area contributed by atoms with Gasteiger partial charge in [-0.1, -0.05) is 19.3 Å². The number of hydrogen-bond donors (Lipinski definition) is 2. The van der Waals surface area contributed by atoms with E-state index in [1.54, 1.807) is 6.92 Å². The molecule has 4 nitrogen and oxygen atoms in total. The average Bonchev–Trinajstić information content (AvgIpc) is 2.17. The molecule has 0 spiro atoms. The van der Waals surface area contributed by atoms with Crippen LogP contribution in [-0.2, 0) is 4.74 Å². The highest BCUT2D eigenvalue weighted by atomic mass is 16.5. The molecule has 0 unspecified atom stereocenters. The molecular formula is C10H20N2O2. The molecule has 0 aromatic carbocycles. The predicted molar refractivity (Wildman–Crippen MR) is 55.0 cm³/mol. The Bertz CT molecular complexity index is 189. The maximum Gasteiger partial charge on any atom is 0.407 e. The van der Waals surface area contributed by atoms with Crippen molar-refractivity contribution in [1.29, 1.82) is 0 Å². The molecule has 3 N–H and O–H groups in total. The Hall–Kier alpha value is -0.770. The topological polar surface area (TPSA) is 64.3 Å². The standard InChI is InChI=1S/C10H20N2O2/c1-2-14-9(13)12-8-10(11)6-4-3-5-7-10/h2-8,11H2,1H3,(H,12,13). The van der Waals surface area contributed by atoms with Crippen molar-refractivity contribution in [2.24, 2.45) is 5.73 Å². The van der Waals surface area contributed by atoms with Crippen LogP contribution in [0.1, 0.15) is 39.0 Å². The van der Waals surface area contributed by atoms with Crippen molar-refractivity contribution >= 4 is 6.09 Å². The van der Waals surface area contributed by atoms with Gasteiger partial charge in [-0.05, 0) is 19.8 Å². The van der Waals surface area contributed by atoms with Crippen LogP contribution in [-0.4, -0.2) is 24.8 Å². The number of hydrogen-bond acceptors (Lipinski definition) is 3. The normalized spacial score (nSPS) is 20.1. The molecule has 0 saturated heterocycles. The van der Waals surface area contributed by atoms with Gasteiger partial charge in [-0.3, -0.25) is 0 Å². The summed E-state index contributed by atoms with van der Waals surface area (Å²) < 4.78 is 4.77. The average molecular weight is 200 g/mol. The Morgan fingerprint density at radius 1 is 1.43 bits per heavy atom. The third-order valence-electron chi connectivity index (χ3n) is 2.71. The molecule has 1 fully saturated rings. The lowest BCUT2D eigenvalue weighted by atomic mass is 9.82. The summed E-state index contributed by atoms with van der Waals surface area (Å²) in [7, 11) is 0. The number of ether oxygens (including phenoxy) is 1. The highest BCUT2D eigenvalue weighted by Crippen LogP contribution is 2.24. The van der Waals surface area contributed by atoms with E-state index < -0.39 is 0 Å². The van der Waals surface area contributed by atoms with Crippen LogP contribution >= 0.6 is 0 Å². The van der Waals surface area contributed by atoms with Gasteiger partial charge < -0.3 is 15.8 Å². The van der Waals surface area contributed by atoms with Crippen molar-refractivity contribution in [3.05, 3.63) is 0 Å². The fourth-order valence-electron chi connectivity index (χ4n) is 1.86. The number of carbonyl (C=O) groups is 1. The molecule has 1 saturated carbocycles. The van der Waals surface area contributed by atoms with E-state index in [1.165, 1.54) is 19.3 Å². The van der Waals surface area contributed by atoms with Gasteiger partial charge in [0.05, 0.1) is 6.61 Å². The minimum absolute atomic E-state index is 0.203. The number of nitrogens with one attached hydrogen (secondary N) is 1. The van der Waals surface area contributed by atoms with Crippen LogP contribution in [0.25, 0.3) is 0 Å². The van der Waals surface area contributed by atoms with Crippen LogP contribution in [0.4, 0.5) is 4.79 Å². The Morgan fingerprint density at radius 3 is 2.64 bits per heavy atom. The zero-order chi connectivity index (χ0) is 10.4. The Balaban J connectivity index is 2.24. The lowest BCUT2D eigenvalue weighted by Gasteiger charge is -2.33. The van der Waals surface area contributed by atoms with Gasteiger partial charge in [-0.15, -0.1) is 0 Å². The second-order valence-corrected chi connectivity index (χ2v) is 4.00. The summed E-state index contributed by atoms with van der Waals surface area (Å²) >= 11 is 0. The predicted octanol–water partition coefficient (Wildman–Crippen LogP) is 1.39. The lowest BCUT2D eigenvalue weighted by Crippen LogP contribution is -2.51. The van der Waals surface area contributed by atoms with Crippen LogP contribution in [0.15, 0.2) is 0 Å². The van der Waals surface area contributed by atoms with E-state index >= 15 is 0 Å². The number of nitrogens with two attached hydrogens (primary N) is 1. The van der Waals surface area contributed by atoms with Crippen molar-refractivity contribution in [2.75, 3.05) is 13.2 Å². The third-order valence-corrected chi connectivity index (χ3v) is 2.71. The van der Waals surface area contributed by atoms with Crippen molar-refractivity contribution in [2.45, 2.75) is 44.6 Å². The second kappa shape index (κ2) is 5.20. The molecule has 0 heterocycles. The first-order valence-electron chi connectivity index (χ1n) is 5.36. The third kappa shape index (κ3) is 3.54. The van der Waals surface area contributed by atoms with Gasteiger partial charge in [0.25, 0.3) is 0 Å². The molecule has 1 rings (SSSR count). The number of amides is 1. The van der Waals surface area contributed by atoms with E-state index in [9.17, 15) is 4.79 Å². The Kier molecular flexibility index (Phi) is 4.20. The van der Waals surface area contributed by atoms with Gasteiger partial charge in [0.2, 0.25) is 0 Å². The molecular weight excluding hydrogens is 180 g/mol. The smallest absolute Gasteiger partial charge is 0.407 e. The van der Waals surface area contributed by atoms with E-state index in [2.05, 4.69) is 5.32 Å². The van der Waals surface area contributed by atoms with E-state index in [1.807, 2.05) is 0 Å². The van der Waals surface area contributed by atoms with Gasteiger partial charge in [0.1, 0.15) is 0 Å². The number of carbonyl (C=O) groups excluding carboxylic acids is 1. The zero-order valence-electron chi connectivity index (χ0n) is 8.84. The molecule has 0 radical (unpaired) electrons. The highest BCUT2D eigenvalue weighted by molar-refractivity contribution is 5.67. The summed E-state index contributed by atoms with van der Waals surface area (Å²) in [5.74, 6) is 0. The van der Waals surface area contributed by atoms with Gasteiger partial charge in [0, 0.05) is 12.1 Å². The first-order chi connectivity index (χ1) is 6.66. The number of alkyl carbamates (subject to hydrolysis) is 1. The molecule has 1 aliphatic carbocycles. The van der Waals surface area contributed by atoms with E-state index in [0.29, 0.717) is 13.2 Å². The quantitative estimate of drug-likeness (QED) is 0.723. The van der Waals surface area contributed by atoms with Crippen LogP contribution in [0.2, 0.25) is 0 Å². The fraction of sp³-hybridized carbons (Fsp3) is 0.900. The van der Waals surface area contributed by atoms with E-state index in [4.69, 9.17) is 10.5 Å². The lowest BCUT2D eigenvalue weighted by molar-refractivity contribution is 0.147. The van der Waals surface area contributed by atoms with Gasteiger partial charge in [-0.2, -0.15) is 0 Å².